The predicted octanol–water partition coefficient (Wildman–Crippen LogP) is 7.32. The van der Waals surface area contributed by atoms with Crippen molar-refractivity contribution in [1.82, 2.24) is 19.4 Å². The van der Waals surface area contributed by atoms with Gasteiger partial charge in [-0.15, -0.1) is 0 Å². The van der Waals surface area contributed by atoms with Gasteiger partial charge >= 0.3 is 6.03 Å². The van der Waals surface area contributed by atoms with E-state index in [2.05, 4.69) is 11.9 Å². The average Bonchev–Trinajstić information content (AvgIpc) is 3.40. The molecule has 4 aromatic rings. The average molecular weight is 632 g/mol. The highest BCUT2D eigenvalue weighted by Crippen LogP contribution is 2.35. The summed E-state index contributed by atoms with van der Waals surface area (Å²) in [4.78, 5) is 37.2. The molecule has 0 bridgehead atoms. The number of hydrogen-bond acceptors (Lipinski definition) is 5. The molecule has 3 heterocycles. The highest BCUT2D eigenvalue weighted by Gasteiger charge is 2.29. The topological polar surface area (TPSA) is 80.1 Å². The van der Waals surface area contributed by atoms with E-state index in [-0.39, 0.29) is 11.9 Å². The first-order valence-electron chi connectivity index (χ1n) is 15.6. The number of urea groups is 1. The summed E-state index contributed by atoms with van der Waals surface area (Å²) in [7, 11) is 3.42. The van der Waals surface area contributed by atoms with Crippen LogP contribution in [0.4, 0.5) is 10.5 Å². The predicted molar refractivity (Wildman–Crippen MR) is 178 cm³/mol. The molecule has 10 heteroatoms. The van der Waals surface area contributed by atoms with Gasteiger partial charge in [0, 0.05) is 62.8 Å². The van der Waals surface area contributed by atoms with Gasteiger partial charge in [0.15, 0.2) is 11.5 Å². The zero-order valence-electron chi connectivity index (χ0n) is 26.5. The van der Waals surface area contributed by atoms with Crippen LogP contribution in [0.1, 0.15) is 56.7 Å². The number of aromatic nitrogens is 2. The molecule has 2 aromatic carbocycles. The zero-order chi connectivity index (χ0) is 31.9. The van der Waals surface area contributed by atoms with Crippen LogP contribution < -0.4 is 14.4 Å². The lowest BCUT2D eigenvalue weighted by Crippen LogP contribution is -2.49. The van der Waals surface area contributed by atoms with Crippen LogP contribution in [0.3, 0.4) is 0 Å². The number of hydrogen-bond donors (Lipinski definition) is 0. The van der Waals surface area contributed by atoms with Crippen molar-refractivity contribution in [3.63, 3.8) is 0 Å². The van der Waals surface area contributed by atoms with Crippen molar-refractivity contribution < 1.29 is 19.1 Å². The molecule has 238 valence electrons. The molecule has 1 aliphatic rings. The molecule has 0 spiro atoms. The number of carbonyl (C=O) groups excluding carboxylic acids is 2. The summed E-state index contributed by atoms with van der Waals surface area (Å²) in [5.74, 6) is 1.24. The maximum absolute atomic E-state index is 13.8. The minimum Gasteiger partial charge on any atom is -0.493 e. The number of anilines is 1. The van der Waals surface area contributed by atoms with Crippen LogP contribution in [0.25, 0.3) is 11.0 Å². The van der Waals surface area contributed by atoms with E-state index in [1.807, 2.05) is 71.0 Å². The van der Waals surface area contributed by atoms with Crippen LogP contribution in [-0.2, 0) is 17.9 Å². The molecule has 0 radical (unpaired) electrons. The molecule has 3 amide bonds. The first-order valence-corrected chi connectivity index (χ1v) is 16.0. The second-order valence-electron chi connectivity index (χ2n) is 11.5. The highest BCUT2D eigenvalue weighted by atomic mass is 35.5. The minimum atomic E-state index is -0.517. The van der Waals surface area contributed by atoms with E-state index in [4.69, 9.17) is 21.1 Å². The van der Waals surface area contributed by atoms with Gasteiger partial charge in [0.25, 0.3) is 0 Å². The summed E-state index contributed by atoms with van der Waals surface area (Å²) in [6, 6.07) is 16.8. The fourth-order valence-corrected chi connectivity index (χ4v) is 6.16. The molecule has 0 N–H and O–H groups in total. The Labute approximate surface area is 270 Å². The number of unbranched alkanes of at least 4 members (excludes halogenated alkanes) is 2. The largest absolute Gasteiger partial charge is 0.493 e. The monoisotopic (exact) mass is 631 g/mol. The molecular formula is C35H42ClN5O4. The van der Waals surface area contributed by atoms with E-state index >= 15 is 0 Å². The molecule has 5 rings (SSSR count). The maximum atomic E-state index is 13.8. The summed E-state index contributed by atoms with van der Waals surface area (Å²) in [6.45, 7) is 6.71. The number of nitrogens with zero attached hydrogens (tertiary/aromatic N) is 5. The van der Waals surface area contributed by atoms with E-state index in [0.717, 1.165) is 47.9 Å². The van der Waals surface area contributed by atoms with Crippen molar-refractivity contribution >= 4 is 40.3 Å². The number of amides is 3. The number of halogens is 1. The number of benzene rings is 2. The Balaban J connectivity index is 1.34. The molecule has 0 aliphatic carbocycles. The number of rotatable bonds is 13. The van der Waals surface area contributed by atoms with E-state index in [1.54, 1.807) is 36.4 Å². The third kappa shape index (κ3) is 7.20. The molecule has 1 saturated heterocycles. The van der Waals surface area contributed by atoms with Crippen LogP contribution in [0.5, 0.6) is 11.5 Å². The smallest absolute Gasteiger partial charge is 0.324 e. The van der Waals surface area contributed by atoms with Crippen LogP contribution in [0.2, 0.25) is 5.02 Å². The summed E-state index contributed by atoms with van der Waals surface area (Å²) in [6.07, 6.45) is 7.47. The van der Waals surface area contributed by atoms with E-state index in [1.165, 1.54) is 0 Å². The summed E-state index contributed by atoms with van der Waals surface area (Å²) in [5, 5.41) is 1.25. The maximum Gasteiger partial charge on any atom is 0.324 e. The normalized spacial score (nSPS) is 14.1. The third-order valence-corrected chi connectivity index (χ3v) is 8.59. The minimum absolute atomic E-state index is 0.0466. The van der Waals surface area contributed by atoms with Crippen molar-refractivity contribution in [3.8, 4) is 11.5 Å². The Hall–Kier alpha value is -4.24. The number of pyridine rings is 1. The molecule has 1 fully saturated rings. The highest BCUT2D eigenvalue weighted by molar-refractivity contribution is 6.35. The molecule has 45 heavy (non-hydrogen) atoms. The Morgan fingerprint density at radius 2 is 1.89 bits per heavy atom. The first-order chi connectivity index (χ1) is 21.8. The summed E-state index contributed by atoms with van der Waals surface area (Å²) >= 11 is 6.80. The van der Waals surface area contributed by atoms with Gasteiger partial charge in [0.05, 0.1) is 18.7 Å². The van der Waals surface area contributed by atoms with Crippen LogP contribution >= 0.6 is 11.6 Å². The SMILES string of the molecule is CCCCCOc1cc(N2CCCN(Cc3ccnc4c3c(Cl)cn4C(C)C(=O)N(C)Cc3ccccc3)C2=O)ccc1OC. The van der Waals surface area contributed by atoms with Gasteiger partial charge in [-0.2, -0.15) is 0 Å². The Morgan fingerprint density at radius 3 is 2.64 bits per heavy atom. The van der Waals surface area contributed by atoms with Crippen LogP contribution in [0, 0.1) is 0 Å². The van der Waals surface area contributed by atoms with Crippen LogP contribution in [0.15, 0.2) is 67.0 Å². The van der Waals surface area contributed by atoms with Gasteiger partial charge in [-0.1, -0.05) is 61.7 Å². The molecule has 1 atom stereocenters. The van der Waals surface area contributed by atoms with E-state index in [9.17, 15) is 9.59 Å². The quantitative estimate of drug-likeness (QED) is 0.145. The fraction of sp³-hybridized carbons (Fsp3) is 0.400. The third-order valence-electron chi connectivity index (χ3n) is 8.30. The van der Waals surface area contributed by atoms with Gasteiger partial charge in [-0.25, -0.2) is 9.78 Å². The molecule has 2 aromatic heterocycles. The van der Waals surface area contributed by atoms with Gasteiger partial charge in [0.1, 0.15) is 11.7 Å². The standard InChI is InChI=1S/C35H42ClN5O4/c1-5-6-10-20-45-31-21-28(14-15-30(31)44-4)40-19-11-18-39(35(40)43)23-27-16-17-37-33-32(27)29(36)24-41(33)25(2)34(42)38(3)22-26-12-8-7-9-13-26/h7-9,12-17,21,24-25H,5-6,10-11,18-20,22-23H2,1-4H3. The van der Waals surface area contributed by atoms with E-state index in [0.29, 0.717) is 55.0 Å². The molecule has 9 nitrogen and oxygen atoms in total. The lowest BCUT2D eigenvalue weighted by Gasteiger charge is -2.36. The number of carbonyl (C=O) groups is 2. The number of methoxy groups -OCH3 is 1. The molecule has 1 aliphatic heterocycles. The molecule has 1 unspecified atom stereocenters. The van der Waals surface area contributed by atoms with Crippen molar-refractivity contribution in [2.24, 2.45) is 0 Å². The van der Waals surface area contributed by atoms with Gasteiger partial charge in [-0.05, 0) is 49.1 Å². The zero-order valence-corrected chi connectivity index (χ0v) is 27.3. The van der Waals surface area contributed by atoms with Gasteiger partial charge in [-0.3, -0.25) is 9.69 Å². The van der Waals surface area contributed by atoms with Crippen LogP contribution in [-0.4, -0.2) is 65.1 Å². The number of likely N-dealkylation sites (N-methyl/N-ethyl adjacent to an activating group) is 1. The van der Waals surface area contributed by atoms with Crippen molar-refractivity contribution in [3.05, 3.63) is 83.1 Å². The number of fused-ring (bicyclic) bond motifs is 1. The Morgan fingerprint density at radius 1 is 1.09 bits per heavy atom. The first kappa shape index (κ1) is 32.2. The Bertz CT molecular complexity index is 1630. The molecule has 0 saturated carbocycles. The van der Waals surface area contributed by atoms with Gasteiger partial charge in [0.2, 0.25) is 5.91 Å². The fourth-order valence-electron chi connectivity index (χ4n) is 5.85. The Kier molecular flexibility index (Phi) is 10.5. The molecular weight excluding hydrogens is 590 g/mol. The number of ether oxygens (including phenoxy) is 2. The lowest BCUT2D eigenvalue weighted by atomic mass is 10.1. The van der Waals surface area contributed by atoms with Crippen molar-refractivity contribution in [1.29, 1.82) is 0 Å². The lowest BCUT2D eigenvalue weighted by molar-refractivity contribution is -0.133. The summed E-state index contributed by atoms with van der Waals surface area (Å²) in [5.41, 5.74) is 3.33. The van der Waals surface area contributed by atoms with Crippen molar-refractivity contribution in [2.75, 3.05) is 38.8 Å². The second-order valence-corrected chi connectivity index (χ2v) is 11.9. The van der Waals surface area contributed by atoms with E-state index < -0.39 is 6.04 Å². The second kappa shape index (κ2) is 14.7. The van der Waals surface area contributed by atoms with Gasteiger partial charge < -0.3 is 23.8 Å². The van der Waals surface area contributed by atoms with Crippen molar-refractivity contribution in [2.45, 2.75) is 58.7 Å². The summed E-state index contributed by atoms with van der Waals surface area (Å²) < 4.78 is 13.4.